The largest absolute Gasteiger partial charge is 0.494 e. The summed E-state index contributed by atoms with van der Waals surface area (Å²) < 4.78 is 23.3. The molecule has 1 aromatic rings. The minimum Gasteiger partial charge on any atom is -0.494 e. The lowest BCUT2D eigenvalue weighted by atomic mass is 10.1. The van der Waals surface area contributed by atoms with Gasteiger partial charge in [0.2, 0.25) is 0 Å². The molecule has 6 heteroatoms. The second-order valence-electron chi connectivity index (χ2n) is 5.06. The molecule has 2 rings (SSSR count). The monoisotopic (exact) mass is 295 g/mol. The SMILES string of the molecule is COc1ccc(CC(=O)OC(C)C(=O)NC2CC2)cc1F. The summed E-state index contributed by atoms with van der Waals surface area (Å²) in [7, 11) is 1.37. The highest BCUT2D eigenvalue weighted by Gasteiger charge is 2.27. The maximum absolute atomic E-state index is 13.5. The van der Waals surface area contributed by atoms with E-state index in [1.807, 2.05) is 0 Å². The van der Waals surface area contributed by atoms with Crippen LogP contribution < -0.4 is 10.1 Å². The third-order valence-electron chi connectivity index (χ3n) is 3.17. The Balaban J connectivity index is 1.85. The van der Waals surface area contributed by atoms with E-state index < -0.39 is 17.9 Å². The molecule has 0 radical (unpaired) electrons. The van der Waals surface area contributed by atoms with Crippen LogP contribution in [0.4, 0.5) is 4.39 Å². The topological polar surface area (TPSA) is 64.6 Å². The Morgan fingerprint density at radius 1 is 1.43 bits per heavy atom. The number of carbonyl (C=O) groups is 2. The normalized spacial score (nSPS) is 15.2. The van der Waals surface area contributed by atoms with Crippen molar-refractivity contribution < 1.29 is 23.5 Å². The molecule has 1 aliphatic rings. The number of benzene rings is 1. The van der Waals surface area contributed by atoms with Gasteiger partial charge >= 0.3 is 5.97 Å². The van der Waals surface area contributed by atoms with Crippen molar-refractivity contribution in [2.24, 2.45) is 0 Å². The number of esters is 1. The first kappa shape index (κ1) is 15.3. The predicted octanol–water partition coefficient (Wildman–Crippen LogP) is 1.59. The van der Waals surface area contributed by atoms with Gasteiger partial charge in [0.15, 0.2) is 17.7 Å². The molecule has 1 atom stereocenters. The van der Waals surface area contributed by atoms with E-state index in [9.17, 15) is 14.0 Å². The van der Waals surface area contributed by atoms with Gasteiger partial charge in [0.05, 0.1) is 13.5 Å². The fraction of sp³-hybridized carbons (Fsp3) is 0.467. The molecule has 0 saturated heterocycles. The molecule has 0 aliphatic heterocycles. The second-order valence-corrected chi connectivity index (χ2v) is 5.06. The van der Waals surface area contributed by atoms with Crippen molar-refractivity contribution >= 4 is 11.9 Å². The van der Waals surface area contributed by atoms with Gasteiger partial charge in [0.25, 0.3) is 5.91 Å². The highest BCUT2D eigenvalue weighted by molar-refractivity contribution is 5.84. The van der Waals surface area contributed by atoms with Crippen molar-refractivity contribution in [3.05, 3.63) is 29.6 Å². The van der Waals surface area contributed by atoms with E-state index in [2.05, 4.69) is 5.32 Å². The fourth-order valence-corrected chi connectivity index (χ4v) is 1.83. The summed E-state index contributed by atoms with van der Waals surface area (Å²) in [6, 6.07) is 4.46. The van der Waals surface area contributed by atoms with Crippen molar-refractivity contribution in [3.8, 4) is 5.75 Å². The zero-order valence-corrected chi connectivity index (χ0v) is 12.0. The summed E-state index contributed by atoms with van der Waals surface area (Å²) in [4.78, 5) is 23.4. The van der Waals surface area contributed by atoms with Crippen LogP contribution in [-0.4, -0.2) is 31.1 Å². The minimum absolute atomic E-state index is 0.0953. The molecule has 5 nitrogen and oxygen atoms in total. The van der Waals surface area contributed by atoms with Crippen LogP contribution in [0.1, 0.15) is 25.3 Å². The number of carbonyl (C=O) groups excluding carboxylic acids is 2. The van der Waals surface area contributed by atoms with Gasteiger partial charge in [-0.1, -0.05) is 6.07 Å². The van der Waals surface area contributed by atoms with E-state index in [1.165, 1.54) is 26.2 Å². The van der Waals surface area contributed by atoms with Crippen LogP contribution in [-0.2, 0) is 20.7 Å². The lowest BCUT2D eigenvalue weighted by Gasteiger charge is -2.13. The van der Waals surface area contributed by atoms with E-state index in [0.717, 1.165) is 12.8 Å². The number of halogens is 1. The van der Waals surface area contributed by atoms with Gasteiger partial charge in [-0.2, -0.15) is 0 Å². The zero-order chi connectivity index (χ0) is 15.4. The summed E-state index contributed by atoms with van der Waals surface area (Å²) >= 11 is 0. The van der Waals surface area contributed by atoms with Gasteiger partial charge in [0, 0.05) is 6.04 Å². The summed E-state index contributed by atoms with van der Waals surface area (Å²) in [6.45, 7) is 1.52. The Morgan fingerprint density at radius 2 is 2.14 bits per heavy atom. The Bertz CT molecular complexity index is 542. The molecule has 1 amide bonds. The average Bonchev–Trinajstić information content (AvgIpc) is 3.22. The van der Waals surface area contributed by atoms with Crippen molar-refractivity contribution in [1.29, 1.82) is 0 Å². The first-order valence-corrected chi connectivity index (χ1v) is 6.82. The van der Waals surface area contributed by atoms with Gasteiger partial charge in [-0.3, -0.25) is 9.59 Å². The fourth-order valence-electron chi connectivity index (χ4n) is 1.83. The molecular weight excluding hydrogens is 277 g/mol. The molecule has 1 unspecified atom stereocenters. The minimum atomic E-state index is -0.846. The van der Waals surface area contributed by atoms with Crippen molar-refractivity contribution in [1.82, 2.24) is 5.32 Å². The van der Waals surface area contributed by atoms with Crippen LogP contribution in [0.2, 0.25) is 0 Å². The highest BCUT2D eigenvalue weighted by Crippen LogP contribution is 2.19. The predicted molar refractivity (Wildman–Crippen MR) is 73.4 cm³/mol. The van der Waals surface area contributed by atoms with E-state index in [-0.39, 0.29) is 24.1 Å². The number of nitrogens with one attached hydrogen (secondary N) is 1. The lowest BCUT2D eigenvalue weighted by Crippen LogP contribution is -2.37. The van der Waals surface area contributed by atoms with Crippen LogP contribution in [0.15, 0.2) is 18.2 Å². The molecule has 1 saturated carbocycles. The van der Waals surface area contributed by atoms with E-state index in [0.29, 0.717) is 5.56 Å². The molecule has 0 aromatic heterocycles. The molecule has 1 N–H and O–H groups in total. The number of methoxy groups -OCH3 is 1. The van der Waals surface area contributed by atoms with Gasteiger partial charge < -0.3 is 14.8 Å². The number of rotatable bonds is 6. The Kier molecular flexibility index (Phi) is 4.77. The molecule has 0 spiro atoms. The number of hydrogen-bond acceptors (Lipinski definition) is 4. The van der Waals surface area contributed by atoms with E-state index in [4.69, 9.17) is 9.47 Å². The van der Waals surface area contributed by atoms with Crippen molar-refractivity contribution in [2.75, 3.05) is 7.11 Å². The molecule has 21 heavy (non-hydrogen) atoms. The van der Waals surface area contributed by atoms with E-state index in [1.54, 1.807) is 6.07 Å². The molecule has 1 aromatic carbocycles. The third-order valence-corrected chi connectivity index (χ3v) is 3.17. The van der Waals surface area contributed by atoms with Crippen LogP contribution in [0.25, 0.3) is 0 Å². The lowest BCUT2D eigenvalue weighted by molar-refractivity contribution is -0.154. The molecular formula is C15H18FNO4. The van der Waals surface area contributed by atoms with Crippen LogP contribution >= 0.6 is 0 Å². The molecule has 0 heterocycles. The molecule has 0 bridgehead atoms. The quantitative estimate of drug-likeness (QED) is 0.809. The van der Waals surface area contributed by atoms with Gasteiger partial charge in [-0.15, -0.1) is 0 Å². The summed E-state index contributed by atoms with van der Waals surface area (Å²) in [5.74, 6) is -1.30. The summed E-state index contributed by atoms with van der Waals surface area (Å²) in [5, 5.41) is 2.75. The Hall–Kier alpha value is -2.11. The summed E-state index contributed by atoms with van der Waals surface area (Å²) in [5.41, 5.74) is 0.466. The van der Waals surface area contributed by atoms with Crippen molar-refractivity contribution in [3.63, 3.8) is 0 Å². The van der Waals surface area contributed by atoms with Gasteiger partial charge in [-0.25, -0.2) is 4.39 Å². The maximum atomic E-state index is 13.5. The highest BCUT2D eigenvalue weighted by atomic mass is 19.1. The maximum Gasteiger partial charge on any atom is 0.311 e. The number of hydrogen-bond donors (Lipinski definition) is 1. The van der Waals surface area contributed by atoms with Gasteiger partial charge in [-0.05, 0) is 37.5 Å². The smallest absolute Gasteiger partial charge is 0.311 e. The molecule has 114 valence electrons. The number of ether oxygens (including phenoxy) is 2. The van der Waals surface area contributed by atoms with Crippen LogP contribution in [0, 0.1) is 5.82 Å². The van der Waals surface area contributed by atoms with E-state index >= 15 is 0 Å². The first-order valence-electron chi connectivity index (χ1n) is 6.82. The summed E-state index contributed by atoms with van der Waals surface area (Å²) in [6.07, 6.45) is 0.998. The molecule has 1 aliphatic carbocycles. The standard InChI is InChI=1S/C15H18FNO4/c1-9(15(19)17-11-4-5-11)21-14(18)8-10-3-6-13(20-2)12(16)7-10/h3,6-7,9,11H,4-5,8H2,1-2H3,(H,17,19). The Morgan fingerprint density at radius 3 is 2.71 bits per heavy atom. The third kappa shape index (κ3) is 4.44. The van der Waals surface area contributed by atoms with Crippen LogP contribution in [0.5, 0.6) is 5.75 Å². The average molecular weight is 295 g/mol. The second kappa shape index (κ2) is 6.56. The number of amides is 1. The van der Waals surface area contributed by atoms with Gasteiger partial charge in [0.1, 0.15) is 0 Å². The van der Waals surface area contributed by atoms with Crippen LogP contribution in [0.3, 0.4) is 0 Å². The Labute approximate surface area is 122 Å². The molecule has 1 fully saturated rings. The van der Waals surface area contributed by atoms with Crippen molar-refractivity contribution in [2.45, 2.75) is 38.3 Å². The first-order chi connectivity index (χ1) is 9.99. The zero-order valence-electron chi connectivity index (χ0n) is 12.0.